The molecular weight excluding hydrogens is 172 g/mol. The number of nitrogens with one attached hydrogen (secondary N) is 2. The molecule has 2 N–H and O–H groups in total. The molecule has 2 heterocycles. The van der Waals surface area contributed by atoms with Crippen LogP contribution in [0, 0.1) is 0 Å². The molecule has 6 nitrogen and oxygen atoms in total. The van der Waals surface area contributed by atoms with E-state index in [0.717, 1.165) is 0 Å². The molecule has 0 spiro atoms. The van der Waals surface area contributed by atoms with Crippen LogP contribution in [0.15, 0.2) is 0 Å². The van der Waals surface area contributed by atoms with E-state index >= 15 is 0 Å². The summed E-state index contributed by atoms with van der Waals surface area (Å²) in [7, 11) is 1.64. The van der Waals surface area contributed by atoms with Crippen LogP contribution in [0.4, 0.5) is 9.59 Å². The summed E-state index contributed by atoms with van der Waals surface area (Å²) in [6.45, 7) is 2.21. The molecular formula is C7H11N4O2. The molecule has 13 heavy (non-hydrogen) atoms. The summed E-state index contributed by atoms with van der Waals surface area (Å²) in [4.78, 5) is 23.7. The fourth-order valence-electron chi connectivity index (χ4n) is 1.64. The highest BCUT2D eigenvalue weighted by Crippen LogP contribution is 2.24. The molecule has 0 aliphatic carbocycles. The Morgan fingerprint density at radius 1 is 1.62 bits per heavy atom. The zero-order valence-corrected chi connectivity index (χ0v) is 7.50. The standard InChI is InChI=1S/C7H11N4O2/c1-7-4(3-8-5(12)10-7)9-6(13)11(7)2/h4H,3H2,1-2H3,(H2,8,10,12). The second-order valence-electron chi connectivity index (χ2n) is 3.47. The van der Waals surface area contributed by atoms with E-state index < -0.39 is 5.66 Å². The summed E-state index contributed by atoms with van der Waals surface area (Å²) in [6.07, 6.45) is 0. The Morgan fingerprint density at radius 2 is 2.31 bits per heavy atom. The van der Waals surface area contributed by atoms with E-state index in [0.29, 0.717) is 6.54 Å². The summed E-state index contributed by atoms with van der Waals surface area (Å²) in [6, 6.07) is -0.727. The summed E-state index contributed by atoms with van der Waals surface area (Å²) in [5.74, 6) is 0. The Morgan fingerprint density at radius 3 is 3.00 bits per heavy atom. The topological polar surface area (TPSA) is 75.5 Å². The fraction of sp³-hybridized carbons (Fsp3) is 0.714. The fourth-order valence-corrected chi connectivity index (χ4v) is 1.64. The number of likely N-dealkylation sites (N-methyl/N-ethyl adjacent to an activating group) is 1. The summed E-state index contributed by atoms with van der Waals surface area (Å²) in [5, 5.41) is 9.20. The van der Waals surface area contributed by atoms with Crippen LogP contribution < -0.4 is 16.0 Å². The molecule has 0 aromatic rings. The Hall–Kier alpha value is -1.46. The van der Waals surface area contributed by atoms with Crippen LogP contribution in [0.3, 0.4) is 0 Å². The van der Waals surface area contributed by atoms with E-state index in [1.165, 1.54) is 4.90 Å². The third-order valence-corrected chi connectivity index (χ3v) is 2.72. The monoisotopic (exact) mass is 183 g/mol. The summed E-state index contributed by atoms with van der Waals surface area (Å²) >= 11 is 0. The number of carbonyl (C=O) groups is 2. The number of amides is 4. The maximum absolute atomic E-state index is 11.2. The molecule has 71 valence electrons. The first-order valence-corrected chi connectivity index (χ1v) is 4.08. The van der Waals surface area contributed by atoms with Crippen molar-refractivity contribution < 1.29 is 9.59 Å². The molecule has 4 amide bonds. The highest BCUT2D eigenvalue weighted by molar-refractivity contribution is 5.83. The van der Waals surface area contributed by atoms with Gasteiger partial charge in [-0.1, -0.05) is 0 Å². The normalized spacial score (nSPS) is 37.7. The van der Waals surface area contributed by atoms with Crippen molar-refractivity contribution >= 4 is 12.1 Å². The minimum atomic E-state index is -0.653. The van der Waals surface area contributed by atoms with E-state index in [4.69, 9.17) is 0 Å². The lowest BCUT2D eigenvalue weighted by Crippen LogP contribution is -2.68. The third kappa shape index (κ3) is 0.944. The van der Waals surface area contributed by atoms with Crippen molar-refractivity contribution in [1.82, 2.24) is 20.9 Å². The Kier molecular flexibility index (Phi) is 1.43. The van der Waals surface area contributed by atoms with Crippen molar-refractivity contribution in [3.8, 4) is 0 Å². The van der Waals surface area contributed by atoms with Gasteiger partial charge in [-0.2, -0.15) is 0 Å². The molecule has 2 rings (SSSR count). The minimum absolute atomic E-state index is 0.192. The predicted molar refractivity (Wildman–Crippen MR) is 44.0 cm³/mol. The van der Waals surface area contributed by atoms with Gasteiger partial charge in [0.15, 0.2) is 0 Å². The first-order valence-electron chi connectivity index (χ1n) is 4.08. The molecule has 0 aromatic carbocycles. The second-order valence-corrected chi connectivity index (χ2v) is 3.47. The third-order valence-electron chi connectivity index (χ3n) is 2.72. The number of carbonyl (C=O) groups excluding carboxylic acids is 2. The largest absolute Gasteiger partial charge is 0.341 e. The van der Waals surface area contributed by atoms with E-state index in [1.54, 1.807) is 14.0 Å². The molecule has 2 fully saturated rings. The average Bonchev–Trinajstić information content (AvgIpc) is 2.27. The Labute approximate surface area is 75.6 Å². The van der Waals surface area contributed by atoms with E-state index in [1.807, 2.05) is 0 Å². The average molecular weight is 183 g/mol. The number of hydrogen-bond acceptors (Lipinski definition) is 2. The minimum Gasteiger partial charge on any atom is -0.336 e. The predicted octanol–water partition coefficient (Wildman–Crippen LogP) is -0.946. The van der Waals surface area contributed by atoms with Gasteiger partial charge < -0.3 is 15.5 Å². The molecule has 0 bridgehead atoms. The van der Waals surface area contributed by atoms with E-state index in [2.05, 4.69) is 16.0 Å². The lowest BCUT2D eigenvalue weighted by molar-refractivity contribution is 0.130. The smallest absolute Gasteiger partial charge is 0.336 e. The van der Waals surface area contributed by atoms with Gasteiger partial charge in [-0.15, -0.1) is 0 Å². The van der Waals surface area contributed by atoms with Gasteiger partial charge >= 0.3 is 12.1 Å². The van der Waals surface area contributed by atoms with Gasteiger partial charge in [0.05, 0.1) is 0 Å². The van der Waals surface area contributed by atoms with Crippen molar-refractivity contribution in [3.63, 3.8) is 0 Å². The molecule has 6 heteroatoms. The van der Waals surface area contributed by atoms with E-state index in [-0.39, 0.29) is 18.1 Å². The van der Waals surface area contributed by atoms with Crippen molar-refractivity contribution in [2.24, 2.45) is 0 Å². The van der Waals surface area contributed by atoms with Crippen LogP contribution >= 0.6 is 0 Å². The first kappa shape index (κ1) is 8.15. The maximum Gasteiger partial charge on any atom is 0.341 e. The lowest BCUT2D eigenvalue weighted by atomic mass is 10.0. The van der Waals surface area contributed by atoms with Gasteiger partial charge in [0.25, 0.3) is 0 Å². The maximum atomic E-state index is 11.2. The van der Waals surface area contributed by atoms with Gasteiger partial charge in [0.1, 0.15) is 11.7 Å². The molecule has 2 saturated heterocycles. The van der Waals surface area contributed by atoms with Crippen molar-refractivity contribution in [3.05, 3.63) is 0 Å². The lowest BCUT2D eigenvalue weighted by Gasteiger charge is -2.38. The number of nitrogens with zero attached hydrogens (tertiary/aromatic N) is 2. The summed E-state index contributed by atoms with van der Waals surface area (Å²) < 4.78 is 0. The quantitative estimate of drug-likeness (QED) is 0.508. The van der Waals surface area contributed by atoms with Gasteiger partial charge in [0.2, 0.25) is 0 Å². The van der Waals surface area contributed by atoms with Gasteiger partial charge in [0, 0.05) is 13.6 Å². The highest BCUT2D eigenvalue weighted by Gasteiger charge is 2.52. The molecule has 0 saturated carbocycles. The van der Waals surface area contributed by atoms with Crippen LogP contribution in [0.5, 0.6) is 0 Å². The van der Waals surface area contributed by atoms with Crippen molar-refractivity contribution in [2.75, 3.05) is 13.6 Å². The number of urea groups is 2. The zero-order chi connectivity index (χ0) is 9.64. The van der Waals surface area contributed by atoms with Crippen LogP contribution in [-0.4, -0.2) is 42.3 Å². The number of hydrogen-bond donors (Lipinski definition) is 2. The number of fused-ring (bicyclic) bond motifs is 1. The molecule has 2 atom stereocenters. The molecule has 0 aromatic heterocycles. The molecule has 1 radical (unpaired) electrons. The molecule has 2 unspecified atom stereocenters. The van der Waals surface area contributed by atoms with Crippen LogP contribution in [0.25, 0.3) is 0 Å². The van der Waals surface area contributed by atoms with Crippen LogP contribution in [-0.2, 0) is 0 Å². The first-order chi connectivity index (χ1) is 6.04. The zero-order valence-electron chi connectivity index (χ0n) is 7.50. The Balaban J connectivity index is 2.29. The molecule has 2 aliphatic rings. The SMILES string of the molecule is CN1C(=O)[N]C2CNC(=O)NC21C. The van der Waals surface area contributed by atoms with E-state index in [9.17, 15) is 9.59 Å². The Bertz CT molecular complexity index is 280. The van der Waals surface area contributed by atoms with Crippen LogP contribution in [0.1, 0.15) is 6.92 Å². The van der Waals surface area contributed by atoms with Crippen molar-refractivity contribution in [2.45, 2.75) is 18.6 Å². The van der Waals surface area contributed by atoms with Crippen molar-refractivity contribution in [1.29, 1.82) is 0 Å². The van der Waals surface area contributed by atoms with Crippen LogP contribution in [0.2, 0.25) is 0 Å². The molecule has 2 aliphatic heterocycles. The summed E-state index contributed by atoms with van der Waals surface area (Å²) in [5.41, 5.74) is -0.653. The second kappa shape index (κ2) is 2.27. The van der Waals surface area contributed by atoms with Gasteiger partial charge in [-0.3, -0.25) is 0 Å². The van der Waals surface area contributed by atoms with Gasteiger partial charge in [-0.25, -0.2) is 14.9 Å². The van der Waals surface area contributed by atoms with Gasteiger partial charge in [-0.05, 0) is 6.92 Å². The highest BCUT2D eigenvalue weighted by atomic mass is 16.2. The number of rotatable bonds is 0.